The summed E-state index contributed by atoms with van der Waals surface area (Å²) >= 11 is 0. The van der Waals surface area contributed by atoms with Gasteiger partial charge in [-0.1, -0.05) is 0 Å². The Labute approximate surface area is 155 Å². The van der Waals surface area contributed by atoms with Crippen LogP contribution < -0.4 is 0 Å². The molecule has 0 N–H and O–H groups in total. The van der Waals surface area contributed by atoms with Gasteiger partial charge in [0.2, 0.25) is 10.0 Å². The topological polar surface area (TPSA) is 84.7 Å². The molecule has 0 aromatic carbocycles. The average molecular weight is 385 g/mol. The van der Waals surface area contributed by atoms with Gasteiger partial charge in [-0.25, -0.2) is 8.42 Å². The Morgan fingerprint density at radius 3 is 2.65 bits per heavy atom. The molecule has 26 heavy (non-hydrogen) atoms. The van der Waals surface area contributed by atoms with Crippen LogP contribution in [0, 0.1) is 0 Å². The molecule has 2 saturated heterocycles. The lowest BCUT2D eigenvalue weighted by Gasteiger charge is -2.42. The van der Waals surface area contributed by atoms with Gasteiger partial charge in [-0.05, 0) is 38.7 Å². The van der Waals surface area contributed by atoms with Crippen LogP contribution in [0.3, 0.4) is 0 Å². The molecule has 0 bridgehead atoms. The Bertz CT molecular complexity index is 727. The second kappa shape index (κ2) is 8.06. The molecule has 0 radical (unpaired) electrons. The molecule has 2 aliphatic heterocycles. The van der Waals surface area contributed by atoms with Crippen LogP contribution in [0.25, 0.3) is 0 Å². The lowest BCUT2D eigenvalue weighted by molar-refractivity contribution is 0.0340. The zero-order valence-corrected chi connectivity index (χ0v) is 16.3. The van der Waals surface area contributed by atoms with Crippen molar-refractivity contribution in [2.45, 2.75) is 51.2 Å². The molecule has 3 heterocycles. The minimum Gasteiger partial charge on any atom is -0.381 e. The molecule has 8 nitrogen and oxygen atoms in total. The number of hydrogen-bond donors (Lipinski definition) is 0. The largest absolute Gasteiger partial charge is 0.381 e. The van der Waals surface area contributed by atoms with Crippen LogP contribution in [-0.2, 0) is 21.3 Å². The van der Waals surface area contributed by atoms with Crippen LogP contribution in [0.5, 0.6) is 0 Å². The van der Waals surface area contributed by atoms with E-state index in [0.29, 0.717) is 51.4 Å². The minimum absolute atomic E-state index is 0.0434. The Morgan fingerprint density at radius 1 is 1.31 bits per heavy atom. The first-order valence-corrected chi connectivity index (χ1v) is 11.1. The number of piperidine rings is 1. The molecule has 1 aromatic rings. The number of ether oxygens (including phenoxy) is 1. The zero-order valence-electron chi connectivity index (χ0n) is 15.5. The second-order valence-corrected chi connectivity index (χ2v) is 8.93. The van der Waals surface area contributed by atoms with Gasteiger partial charge < -0.3 is 9.64 Å². The van der Waals surface area contributed by atoms with E-state index in [2.05, 4.69) is 5.10 Å². The SMILES string of the molecule is CCn1ccc(C(=O)N2CCCC(N(C3CCOCC3)S(C)(=O)=O)C2)n1. The number of aromatic nitrogens is 2. The van der Waals surface area contributed by atoms with Gasteiger partial charge in [0.05, 0.1) is 6.26 Å². The second-order valence-electron chi connectivity index (χ2n) is 7.04. The Balaban J connectivity index is 1.75. The molecular weight excluding hydrogens is 356 g/mol. The maximum atomic E-state index is 12.8. The van der Waals surface area contributed by atoms with Crippen molar-refractivity contribution in [1.29, 1.82) is 0 Å². The maximum absolute atomic E-state index is 12.8. The Kier molecular flexibility index (Phi) is 5.99. The van der Waals surface area contributed by atoms with Crippen LogP contribution in [-0.4, -0.2) is 78.0 Å². The summed E-state index contributed by atoms with van der Waals surface area (Å²) in [6, 6.07) is 1.50. The third-order valence-electron chi connectivity index (χ3n) is 5.16. The van der Waals surface area contributed by atoms with Crippen molar-refractivity contribution in [3.05, 3.63) is 18.0 Å². The van der Waals surface area contributed by atoms with Crippen molar-refractivity contribution in [3.63, 3.8) is 0 Å². The highest BCUT2D eigenvalue weighted by molar-refractivity contribution is 7.88. The van der Waals surface area contributed by atoms with Crippen LogP contribution in [0.4, 0.5) is 0 Å². The van der Waals surface area contributed by atoms with E-state index in [-0.39, 0.29) is 18.0 Å². The van der Waals surface area contributed by atoms with E-state index in [0.717, 1.165) is 12.8 Å². The Morgan fingerprint density at radius 2 is 2.04 bits per heavy atom. The van der Waals surface area contributed by atoms with Crippen molar-refractivity contribution >= 4 is 15.9 Å². The van der Waals surface area contributed by atoms with Crippen molar-refractivity contribution in [1.82, 2.24) is 19.0 Å². The van der Waals surface area contributed by atoms with E-state index >= 15 is 0 Å². The average Bonchev–Trinajstić information content (AvgIpc) is 3.10. The fourth-order valence-electron chi connectivity index (χ4n) is 3.94. The van der Waals surface area contributed by atoms with Gasteiger partial charge in [0, 0.05) is 51.1 Å². The molecular formula is C17H28N4O4S. The van der Waals surface area contributed by atoms with Gasteiger partial charge >= 0.3 is 0 Å². The standard InChI is InChI=1S/C17H28N4O4S/c1-3-20-10-6-16(18-20)17(22)19-9-4-5-15(13-19)21(26(2,23)24)14-7-11-25-12-8-14/h6,10,14-15H,3-5,7-9,11-13H2,1-2H3. The Hall–Kier alpha value is -1.45. The first-order valence-electron chi connectivity index (χ1n) is 9.29. The van der Waals surface area contributed by atoms with Gasteiger partial charge in [0.15, 0.2) is 0 Å². The minimum atomic E-state index is -3.36. The van der Waals surface area contributed by atoms with Crippen molar-refractivity contribution in [2.75, 3.05) is 32.6 Å². The predicted octanol–water partition coefficient (Wildman–Crippen LogP) is 0.948. The fraction of sp³-hybridized carbons (Fsp3) is 0.765. The number of sulfonamides is 1. The van der Waals surface area contributed by atoms with Crippen LogP contribution in [0.1, 0.15) is 43.1 Å². The van der Waals surface area contributed by atoms with Crippen LogP contribution in [0.2, 0.25) is 0 Å². The fourth-order valence-corrected chi connectivity index (χ4v) is 5.41. The number of nitrogens with zero attached hydrogens (tertiary/aromatic N) is 4. The molecule has 2 fully saturated rings. The highest BCUT2D eigenvalue weighted by atomic mass is 32.2. The summed E-state index contributed by atoms with van der Waals surface area (Å²) < 4.78 is 33.7. The number of carbonyl (C=O) groups excluding carboxylic acids is 1. The van der Waals surface area contributed by atoms with Gasteiger partial charge in [0.1, 0.15) is 5.69 Å². The molecule has 2 aliphatic rings. The third kappa shape index (κ3) is 4.27. The quantitative estimate of drug-likeness (QED) is 0.755. The maximum Gasteiger partial charge on any atom is 0.274 e. The monoisotopic (exact) mass is 384 g/mol. The molecule has 0 spiro atoms. The highest BCUT2D eigenvalue weighted by Crippen LogP contribution is 2.26. The van der Waals surface area contributed by atoms with E-state index < -0.39 is 10.0 Å². The summed E-state index contributed by atoms with van der Waals surface area (Å²) in [6.07, 6.45) is 6.04. The lowest BCUT2D eigenvalue weighted by atomic mass is 10.0. The number of rotatable bonds is 5. The van der Waals surface area contributed by atoms with E-state index in [4.69, 9.17) is 4.74 Å². The van der Waals surface area contributed by atoms with E-state index in [9.17, 15) is 13.2 Å². The van der Waals surface area contributed by atoms with Crippen LogP contribution in [0.15, 0.2) is 12.3 Å². The molecule has 1 atom stereocenters. The number of carbonyl (C=O) groups is 1. The van der Waals surface area contributed by atoms with Gasteiger partial charge in [0.25, 0.3) is 5.91 Å². The summed E-state index contributed by atoms with van der Waals surface area (Å²) in [5.74, 6) is -0.123. The van der Waals surface area contributed by atoms with Crippen molar-refractivity contribution in [2.24, 2.45) is 0 Å². The first-order chi connectivity index (χ1) is 12.4. The smallest absolute Gasteiger partial charge is 0.274 e. The molecule has 3 rings (SSSR count). The van der Waals surface area contributed by atoms with Crippen molar-refractivity contribution in [3.8, 4) is 0 Å². The van der Waals surface area contributed by atoms with Gasteiger partial charge in [-0.2, -0.15) is 9.40 Å². The van der Waals surface area contributed by atoms with E-state index in [1.807, 2.05) is 6.92 Å². The molecule has 146 valence electrons. The number of amides is 1. The summed E-state index contributed by atoms with van der Waals surface area (Å²) in [6.45, 7) is 4.90. The highest BCUT2D eigenvalue weighted by Gasteiger charge is 2.38. The zero-order chi connectivity index (χ0) is 18.7. The number of hydrogen-bond acceptors (Lipinski definition) is 5. The normalized spacial score (nSPS) is 22.7. The molecule has 1 aromatic heterocycles. The molecule has 0 aliphatic carbocycles. The molecule has 1 unspecified atom stereocenters. The van der Waals surface area contributed by atoms with Gasteiger partial charge in [-0.15, -0.1) is 0 Å². The molecule has 9 heteroatoms. The lowest BCUT2D eigenvalue weighted by Crippen LogP contribution is -2.55. The number of likely N-dealkylation sites (tertiary alicyclic amines) is 1. The summed E-state index contributed by atoms with van der Waals surface area (Å²) in [5, 5.41) is 4.29. The summed E-state index contributed by atoms with van der Waals surface area (Å²) in [4.78, 5) is 14.5. The predicted molar refractivity (Wildman–Crippen MR) is 97.4 cm³/mol. The number of aryl methyl sites for hydroxylation is 1. The van der Waals surface area contributed by atoms with E-state index in [1.54, 1.807) is 26.2 Å². The third-order valence-corrected chi connectivity index (χ3v) is 6.52. The summed E-state index contributed by atoms with van der Waals surface area (Å²) in [7, 11) is -3.36. The summed E-state index contributed by atoms with van der Waals surface area (Å²) in [5.41, 5.74) is 0.421. The molecule has 1 amide bonds. The van der Waals surface area contributed by atoms with E-state index in [1.165, 1.54) is 6.26 Å². The molecule has 0 saturated carbocycles. The first kappa shape index (κ1) is 19.3. The van der Waals surface area contributed by atoms with Gasteiger partial charge in [-0.3, -0.25) is 9.48 Å². The van der Waals surface area contributed by atoms with Crippen LogP contribution >= 0.6 is 0 Å². The van der Waals surface area contributed by atoms with Crippen molar-refractivity contribution < 1.29 is 17.9 Å².